The molecule has 0 radical (unpaired) electrons. The van der Waals surface area contributed by atoms with E-state index in [9.17, 15) is 0 Å². The number of rotatable bonds is 5. The number of likely N-dealkylation sites (tertiary alicyclic amines) is 1. The molecule has 0 aromatic carbocycles. The summed E-state index contributed by atoms with van der Waals surface area (Å²) in [5.74, 6) is 0.799. The monoisotopic (exact) mass is 214 g/mol. The van der Waals surface area contributed by atoms with Gasteiger partial charge in [0, 0.05) is 26.2 Å². The quantitative estimate of drug-likeness (QED) is 0.747. The molecular formula is C12H26N2O. The molecule has 1 aliphatic rings. The first-order chi connectivity index (χ1) is 7.21. The highest BCUT2D eigenvalue weighted by molar-refractivity contribution is 4.84. The summed E-state index contributed by atoms with van der Waals surface area (Å²) in [7, 11) is 3.88. The topological polar surface area (TPSA) is 24.5 Å². The Morgan fingerprint density at radius 1 is 1.53 bits per heavy atom. The molecular weight excluding hydrogens is 188 g/mol. The minimum Gasteiger partial charge on any atom is -0.380 e. The first-order valence-electron chi connectivity index (χ1n) is 6.13. The Balaban J connectivity index is 2.38. The second-order valence-electron chi connectivity index (χ2n) is 4.66. The summed E-state index contributed by atoms with van der Waals surface area (Å²) < 4.78 is 5.32. The summed E-state index contributed by atoms with van der Waals surface area (Å²) in [5, 5.41) is 3.43. The van der Waals surface area contributed by atoms with Gasteiger partial charge >= 0.3 is 0 Å². The Labute approximate surface area is 94.2 Å². The van der Waals surface area contributed by atoms with Gasteiger partial charge in [-0.25, -0.2) is 0 Å². The fourth-order valence-electron chi connectivity index (χ4n) is 2.51. The fraction of sp³-hybridized carbons (Fsp3) is 1.00. The van der Waals surface area contributed by atoms with E-state index in [0.717, 1.165) is 12.5 Å². The lowest BCUT2D eigenvalue weighted by Gasteiger charge is -2.39. The molecule has 1 fully saturated rings. The lowest BCUT2D eigenvalue weighted by Crippen LogP contribution is -2.49. The molecule has 15 heavy (non-hydrogen) atoms. The average molecular weight is 214 g/mol. The van der Waals surface area contributed by atoms with Crippen molar-refractivity contribution in [1.29, 1.82) is 0 Å². The Morgan fingerprint density at radius 3 is 2.80 bits per heavy atom. The van der Waals surface area contributed by atoms with Crippen LogP contribution in [0.1, 0.15) is 26.7 Å². The third-order valence-electron chi connectivity index (χ3n) is 3.63. The molecule has 3 nitrogen and oxygen atoms in total. The summed E-state index contributed by atoms with van der Waals surface area (Å²) >= 11 is 0. The molecule has 0 bridgehead atoms. The molecule has 3 unspecified atom stereocenters. The van der Waals surface area contributed by atoms with Gasteiger partial charge in [0.15, 0.2) is 0 Å². The maximum absolute atomic E-state index is 5.32. The van der Waals surface area contributed by atoms with Gasteiger partial charge in [0.1, 0.15) is 0 Å². The van der Waals surface area contributed by atoms with Crippen molar-refractivity contribution in [1.82, 2.24) is 10.2 Å². The lowest BCUT2D eigenvalue weighted by atomic mass is 9.90. The molecule has 0 aliphatic carbocycles. The van der Waals surface area contributed by atoms with Crippen molar-refractivity contribution in [3.8, 4) is 0 Å². The van der Waals surface area contributed by atoms with Crippen molar-refractivity contribution in [3.05, 3.63) is 0 Å². The normalized spacial score (nSPS) is 30.4. The highest BCUT2D eigenvalue weighted by atomic mass is 16.5. The summed E-state index contributed by atoms with van der Waals surface area (Å²) in [5.41, 5.74) is 0. The first-order valence-corrected chi connectivity index (χ1v) is 6.13. The molecule has 0 aromatic rings. The number of hydrogen-bond acceptors (Lipinski definition) is 3. The summed E-state index contributed by atoms with van der Waals surface area (Å²) in [6.45, 7) is 7.93. The van der Waals surface area contributed by atoms with E-state index >= 15 is 0 Å². The second kappa shape index (κ2) is 6.46. The van der Waals surface area contributed by atoms with Crippen molar-refractivity contribution in [3.63, 3.8) is 0 Å². The predicted molar refractivity (Wildman–Crippen MR) is 64.2 cm³/mol. The van der Waals surface area contributed by atoms with Crippen LogP contribution in [0, 0.1) is 5.92 Å². The number of piperidine rings is 1. The van der Waals surface area contributed by atoms with Crippen molar-refractivity contribution in [2.75, 3.05) is 33.8 Å². The largest absolute Gasteiger partial charge is 0.380 e. The summed E-state index contributed by atoms with van der Waals surface area (Å²) in [4.78, 5) is 2.54. The third-order valence-corrected chi connectivity index (χ3v) is 3.63. The summed E-state index contributed by atoms with van der Waals surface area (Å²) in [6.07, 6.45) is 2.89. The van der Waals surface area contributed by atoms with E-state index in [1.807, 2.05) is 0 Å². The molecule has 3 heteroatoms. The molecule has 0 saturated carbocycles. The van der Waals surface area contributed by atoms with E-state index in [-0.39, 0.29) is 0 Å². The maximum atomic E-state index is 5.32. The Kier molecular flexibility index (Phi) is 5.58. The van der Waals surface area contributed by atoms with Gasteiger partial charge in [-0.1, -0.05) is 13.3 Å². The Hall–Kier alpha value is -0.120. The van der Waals surface area contributed by atoms with Gasteiger partial charge < -0.3 is 15.0 Å². The summed E-state index contributed by atoms with van der Waals surface area (Å²) in [6, 6.07) is 0.712. The van der Waals surface area contributed by atoms with Crippen LogP contribution in [0.5, 0.6) is 0 Å². The van der Waals surface area contributed by atoms with Gasteiger partial charge in [0.25, 0.3) is 0 Å². The van der Waals surface area contributed by atoms with Crippen LogP contribution >= 0.6 is 0 Å². The molecule has 0 aromatic heterocycles. The van der Waals surface area contributed by atoms with Gasteiger partial charge in [0.05, 0.1) is 6.10 Å². The zero-order valence-electron chi connectivity index (χ0n) is 10.6. The molecule has 0 amide bonds. The molecule has 1 rings (SSSR count). The van der Waals surface area contributed by atoms with Gasteiger partial charge in [-0.05, 0) is 32.9 Å². The molecule has 1 N–H and O–H groups in total. The molecule has 1 heterocycles. The van der Waals surface area contributed by atoms with Gasteiger partial charge in [-0.3, -0.25) is 0 Å². The number of methoxy groups -OCH3 is 1. The Bertz CT molecular complexity index is 175. The molecule has 0 spiro atoms. The minimum absolute atomic E-state index is 0.355. The molecule has 1 aliphatic heterocycles. The van der Waals surface area contributed by atoms with Crippen molar-refractivity contribution in [2.24, 2.45) is 5.92 Å². The zero-order chi connectivity index (χ0) is 11.3. The number of ether oxygens (including phenoxy) is 1. The standard InChI is InChI=1S/C12H26N2O/c1-5-11-9-14(8-10(2)15-4)7-6-12(11)13-3/h10-13H,5-9H2,1-4H3. The zero-order valence-corrected chi connectivity index (χ0v) is 10.6. The highest BCUT2D eigenvalue weighted by Crippen LogP contribution is 2.20. The second-order valence-corrected chi connectivity index (χ2v) is 4.66. The van der Waals surface area contributed by atoms with Crippen molar-refractivity contribution in [2.45, 2.75) is 38.8 Å². The van der Waals surface area contributed by atoms with E-state index in [4.69, 9.17) is 4.74 Å². The van der Waals surface area contributed by atoms with E-state index in [2.05, 4.69) is 31.1 Å². The van der Waals surface area contributed by atoms with Crippen LogP contribution in [-0.2, 0) is 4.74 Å². The lowest BCUT2D eigenvalue weighted by molar-refractivity contribution is 0.0510. The van der Waals surface area contributed by atoms with Crippen LogP contribution in [0.3, 0.4) is 0 Å². The van der Waals surface area contributed by atoms with Crippen LogP contribution in [0.2, 0.25) is 0 Å². The van der Waals surface area contributed by atoms with Crippen molar-refractivity contribution >= 4 is 0 Å². The fourth-order valence-corrected chi connectivity index (χ4v) is 2.51. The molecule has 3 atom stereocenters. The van der Waals surface area contributed by atoms with Crippen LogP contribution in [0.25, 0.3) is 0 Å². The predicted octanol–water partition coefficient (Wildman–Crippen LogP) is 1.34. The maximum Gasteiger partial charge on any atom is 0.0670 e. The number of hydrogen-bond donors (Lipinski definition) is 1. The van der Waals surface area contributed by atoms with E-state index in [1.54, 1.807) is 7.11 Å². The van der Waals surface area contributed by atoms with Crippen LogP contribution in [0.15, 0.2) is 0 Å². The van der Waals surface area contributed by atoms with Gasteiger partial charge in [0.2, 0.25) is 0 Å². The molecule has 1 saturated heterocycles. The smallest absolute Gasteiger partial charge is 0.0670 e. The average Bonchev–Trinajstić information content (AvgIpc) is 2.28. The first kappa shape index (κ1) is 12.9. The van der Waals surface area contributed by atoms with Gasteiger partial charge in [-0.2, -0.15) is 0 Å². The minimum atomic E-state index is 0.355. The van der Waals surface area contributed by atoms with Crippen LogP contribution < -0.4 is 5.32 Å². The van der Waals surface area contributed by atoms with Crippen LogP contribution in [0.4, 0.5) is 0 Å². The van der Waals surface area contributed by atoms with Crippen LogP contribution in [-0.4, -0.2) is 50.8 Å². The van der Waals surface area contributed by atoms with E-state index < -0.39 is 0 Å². The van der Waals surface area contributed by atoms with Gasteiger partial charge in [-0.15, -0.1) is 0 Å². The highest BCUT2D eigenvalue weighted by Gasteiger charge is 2.27. The number of nitrogens with one attached hydrogen (secondary N) is 1. The van der Waals surface area contributed by atoms with Crippen molar-refractivity contribution < 1.29 is 4.74 Å². The van der Waals surface area contributed by atoms with E-state index in [0.29, 0.717) is 12.1 Å². The third kappa shape index (κ3) is 3.74. The van der Waals surface area contributed by atoms with E-state index in [1.165, 1.54) is 25.9 Å². The number of nitrogens with zero attached hydrogens (tertiary/aromatic N) is 1. The molecule has 90 valence electrons. The Morgan fingerprint density at radius 2 is 2.27 bits per heavy atom. The SMILES string of the molecule is CCC1CN(CC(C)OC)CCC1NC.